The van der Waals surface area contributed by atoms with Gasteiger partial charge in [0.2, 0.25) is 0 Å². The van der Waals surface area contributed by atoms with Gasteiger partial charge in [-0.1, -0.05) is 55.5 Å². The minimum Gasteiger partial charge on any atom is -0.449 e. The van der Waals surface area contributed by atoms with E-state index in [4.69, 9.17) is 9.40 Å². The summed E-state index contributed by atoms with van der Waals surface area (Å²) in [5.41, 5.74) is 4.18. The number of piperidine rings is 1. The predicted octanol–water partition coefficient (Wildman–Crippen LogP) is 6.62. The molecule has 2 aromatic heterocycles. The van der Waals surface area contributed by atoms with E-state index in [9.17, 15) is 4.79 Å². The molecule has 1 amide bonds. The number of hydrogen-bond donors (Lipinski definition) is 1. The van der Waals surface area contributed by atoms with Crippen molar-refractivity contribution in [3.63, 3.8) is 0 Å². The minimum atomic E-state index is -0.145. The van der Waals surface area contributed by atoms with Crippen LogP contribution in [0.15, 0.2) is 47.1 Å². The quantitative estimate of drug-likeness (QED) is 0.362. The molecular weight excluding hydrogens is 448 g/mol. The molecule has 36 heavy (non-hydrogen) atoms. The molecule has 0 spiro atoms. The van der Waals surface area contributed by atoms with Crippen molar-refractivity contribution < 1.29 is 9.21 Å². The third kappa shape index (κ3) is 5.59. The fourth-order valence-corrected chi connectivity index (χ4v) is 5.81. The minimum absolute atomic E-state index is 0.145. The second-order valence-electron chi connectivity index (χ2n) is 10.7. The van der Waals surface area contributed by atoms with E-state index < -0.39 is 0 Å². The van der Waals surface area contributed by atoms with Gasteiger partial charge >= 0.3 is 0 Å². The second kappa shape index (κ2) is 11.5. The van der Waals surface area contributed by atoms with Gasteiger partial charge in [0, 0.05) is 30.7 Å². The smallest absolute Gasteiger partial charge is 0.287 e. The van der Waals surface area contributed by atoms with Crippen molar-refractivity contribution in [3.8, 4) is 22.7 Å². The first-order chi connectivity index (χ1) is 17.6. The normalized spacial score (nSPS) is 19.4. The largest absolute Gasteiger partial charge is 0.449 e. The van der Waals surface area contributed by atoms with E-state index in [1.807, 2.05) is 12.4 Å². The molecule has 1 N–H and O–H groups in total. The Labute approximate surface area is 215 Å². The molecule has 3 aromatic rings. The summed E-state index contributed by atoms with van der Waals surface area (Å²) < 4.78 is 8.47. The molecule has 1 saturated heterocycles. The number of nitrogens with zero attached hydrogens (tertiary/aromatic N) is 3. The molecule has 1 aromatic carbocycles. The summed E-state index contributed by atoms with van der Waals surface area (Å²) in [6.07, 6.45) is 12.9. The van der Waals surface area contributed by atoms with Gasteiger partial charge in [0.15, 0.2) is 11.5 Å². The summed E-state index contributed by atoms with van der Waals surface area (Å²) in [5, 5.41) is 3.06. The van der Waals surface area contributed by atoms with Crippen LogP contribution < -0.4 is 5.32 Å². The van der Waals surface area contributed by atoms with E-state index >= 15 is 0 Å². The van der Waals surface area contributed by atoms with Gasteiger partial charge in [-0.05, 0) is 64.6 Å². The second-order valence-corrected chi connectivity index (χ2v) is 10.7. The van der Waals surface area contributed by atoms with Crippen LogP contribution >= 0.6 is 0 Å². The molecule has 1 saturated carbocycles. The zero-order valence-electron chi connectivity index (χ0n) is 21.8. The lowest BCUT2D eigenvalue weighted by Crippen LogP contribution is -2.39. The molecule has 5 rings (SSSR count). The number of rotatable bonds is 8. The Hall–Kier alpha value is -2.86. The van der Waals surface area contributed by atoms with Gasteiger partial charge in [-0.25, -0.2) is 4.98 Å². The average molecular weight is 489 g/mol. The Balaban J connectivity index is 1.31. The van der Waals surface area contributed by atoms with Crippen molar-refractivity contribution in [3.05, 3.63) is 54.0 Å². The maximum atomic E-state index is 12.9. The van der Waals surface area contributed by atoms with Gasteiger partial charge in [-0.3, -0.25) is 4.79 Å². The van der Waals surface area contributed by atoms with Crippen LogP contribution in [0.4, 0.5) is 0 Å². The lowest BCUT2D eigenvalue weighted by Gasteiger charge is -2.33. The molecule has 0 unspecified atom stereocenters. The number of imidazole rings is 1. The average Bonchev–Trinajstić information content (AvgIpc) is 3.56. The molecule has 6 heteroatoms. The first-order valence-electron chi connectivity index (χ1n) is 13.9. The van der Waals surface area contributed by atoms with Gasteiger partial charge in [0.05, 0.1) is 12.0 Å². The number of carbonyl (C=O) groups excluding carboxylic acids is 1. The van der Waals surface area contributed by atoms with Crippen molar-refractivity contribution in [2.75, 3.05) is 19.6 Å². The molecule has 1 aliphatic carbocycles. The topological polar surface area (TPSA) is 63.3 Å². The van der Waals surface area contributed by atoms with Gasteiger partial charge in [0.1, 0.15) is 5.69 Å². The number of likely N-dealkylation sites (tertiary alicyclic amines) is 1. The Morgan fingerprint density at radius 2 is 1.81 bits per heavy atom. The summed E-state index contributed by atoms with van der Waals surface area (Å²) in [6, 6.07) is 13.3. The summed E-state index contributed by atoms with van der Waals surface area (Å²) in [4.78, 5) is 20.3. The lowest BCUT2D eigenvalue weighted by molar-refractivity contribution is 0.0922. The van der Waals surface area contributed by atoms with Crippen LogP contribution in [0.25, 0.3) is 22.7 Å². The molecule has 3 heterocycles. The van der Waals surface area contributed by atoms with Crippen molar-refractivity contribution in [1.82, 2.24) is 19.8 Å². The van der Waals surface area contributed by atoms with Crippen molar-refractivity contribution in [2.45, 2.75) is 83.7 Å². The van der Waals surface area contributed by atoms with E-state index in [1.54, 1.807) is 6.07 Å². The van der Waals surface area contributed by atoms with Crippen LogP contribution in [0.5, 0.6) is 0 Å². The predicted molar refractivity (Wildman–Crippen MR) is 144 cm³/mol. The molecule has 0 bridgehead atoms. The standard InChI is InChI=1S/C30H40N4O2/c1-22-12-14-24(15-13-22)28-29(34(21-32-28)25-10-4-3-5-11-25)26-16-17-27(36-26)30(35)31-18-8-20-33-19-7-6-9-23(33)2/h12-17,21,23,25H,3-11,18-20H2,1-2H3,(H,31,35)/t23-/m0/s1. The number of furan rings is 1. The number of nitrogens with one attached hydrogen (secondary N) is 1. The molecule has 2 fully saturated rings. The molecule has 6 nitrogen and oxygen atoms in total. The monoisotopic (exact) mass is 488 g/mol. The van der Waals surface area contributed by atoms with Gasteiger partial charge in [-0.2, -0.15) is 0 Å². The molecule has 0 radical (unpaired) electrons. The van der Waals surface area contributed by atoms with Gasteiger partial charge in [0.25, 0.3) is 5.91 Å². The van der Waals surface area contributed by atoms with E-state index in [-0.39, 0.29) is 5.91 Å². The SMILES string of the molecule is Cc1ccc(-c2ncn(C3CCCCC3)c2-c2ccc(C(=O)NCCCN3CCCC[C@@H]3C)o2)cc1. The van der Waals surface area contributed by atoms with Crippen molar-refractivity contribution in [1.29, 1.82) is 0 Å². The van der Waals surface area contributed by atoms with Crippen LogP contribution in [0.1, 0.15) is 86.9 Å². The van der Waals surface area contributed by atoms with Gasteiger partial charge < -0.3 is 19.2 Å². The highest BCUT2D eigenvalue weighted by Crippen LogP contribution is 2.38. The van der Waals surface area contributed by atoms with Crippen LogP contribution in [0, 0.1) is 6.92 Å². The van der Waals surface area contributed by atoms with Crippen molar-refractivity contribution in [2.24, 2.45) is 0 Å². The number of benzene rings is 1. The molecule has 1 aliphatic heterocycles. The number of amides is 1. The number of carbonyl (C=O) groups is 1. The third-order valence-corrected chi connectivity index (χ3v) is 8.00. The summed E-state index contributed by atoms with van der Waals surface area (Å²) in [5.74, 6) is 0.928. The highest BCUT2D eigenvalue weighted by Gasteiger charge is 2.25. The Morgan fingerprint density at radius 3 is 2.58 bits per heavy atom. The van der Waals surface area contributed by atoms with E-state index in [2.05, 4.69) is 52.9 Å². The molecule has 2 aliphatic rings. The Bertz CT molecular complexity index is 1140. The number of aryl methyl sites for hydroxylation is 1. The highest BCUT2D eigenvalue weighted by molar-refractivity contribution is 5.92. The fraction of sp³-hybridized carbons (Fsp3) is 0.533. The molecule has 192 valence electrons. The number of hydrogen-bond acceptors (Lipinski definition) is 4. The summed E-state index contributed by atoms with van der Waals surface area (Å²) in [6.45, 7) is 7.27. The van der Waals surface area contributed by atoms with Crippen LogP contribution in [0.3, 0.4) is 0 Å². The Kier molecular flexibility index (Phi) is 7.90. The zero-order valence-corrected chi connectivity index (χ0v) is 21.8. The Morgan fingerprint density at radius 1 is 1.03 bits per heavy atom. The van der Waals surface area contributed by atoms with Crippen LogP contribution in [0.2, 0.25) is 0 Å². The maximum absolute atomic E-state index is 12.9. The zero-order chi connectivity index (χ0) is 24.9. The van der Waals surface area contributed by atoms with Crippen LogP contribution in [-0.4, -0.2) is 46.0 Å². The highest BCUT2D eigenvalue weighted by atomic mass is 16.4. The van der Waals surface area contributed by atoms with Crippen LogP contribution in [-0.2, 0) is 0 Å². The van der Waals surface area contributed by atoms with E-state index in [0.717, 1.165) is 42.8 Å². The molecule has 1 atom stereocenters. The maximum Gasteiger partial charge on any atom is 0.287 e. The molecular formula is C30H40N4O2. The van der Waals surface area contributed by atoms with Crippen molar-refractivity contribution >= 4 is 5.91 Å². The fourth-order valence-electron chi connectivity index (χ4n) is 5.81. The lowest BCUT2D eigenvalue weighted by atomic mass is 9.95. The van der Waals surface area contributed by atoms with Gasteiger partial charge in [-0.15, -0.1) is 0 Å². The first kappa shape index (κ1) is 24.8. The first-order valence-corrected chi connectivity index (χ1v) is 13.9. The summed E-state index contributed by atoms with van der Waals surface area (Å²) >= 11 is 0. The third-order valence-electron chi connectivity index (χ3n) is 8.00. The number of aromatic nitrogens is 2. The van der Waals surface area contributed by atoms with E-state index in [0.29, 0.717) is 30.1 Å². The van der Waals surface area contributed by atoms with E-state index in [1.165, 1.54) is 50.6 Å². The summed E-state index contributed by atoms with van der Waals surface area (Å²) in [7, 11) is 0.